The maximum Gasteiger partial charge on any atom is 0.270 e. The molecule has 1 N–H and O–H groups in total. The summed E-state index contributed by atoms with van der Waals surface area (Å²) >= 11 is 0. The van der Waals surface area contributed by atoms with Crippen molar-refractivity contribution in [1.82, 2.24) is 20.3 Å². The van der Waals surface area contributed by atoms with Crippen molar-refractivity contribution in [3.63, 3.8) is 0 Å². The van der Waals surface area contributed by atoms with E-state index >= 15 is 0 Å². The topological polar surface area (TPSA) is 80.2 Å². The highest BCUT2D eigenvalue weighted by Crippen LogP contribution is 2.29. The van der Waals surface area contributed by atoms with Gasteiger partial charge in [0.2, 0.25) is 0 Å². The molecule has 1 atom stereocenters. The number of ether oxygens (including phenoxy) is 1. The molecule has 0 bridgehead atoms. The van der Waals surface area contributed by atoms with Gasteiger partial charge in [-0.3, -0.25) is 9.78 Å². The highest BCUT2D eigenvalue weighted by molar-refractivity contribution is 5.96. The van der Waals surface area contributed by atoms with E-state index in [4.69, 9.17) is 9.72 Å². The number of benzene rings is 1. The Morgan fingerprint density at radius 2 is 2.00 bits per heavy atom. The third-order valence-electron chi connectivity index (χ3n) is 5.81. The van der Waals surface area contributed by atoms with E-state index in [0.717, 1.165) is 36.3 Å². The molecular weight excluding hydrogens is 390 g/mol. The van der Waals surface area contributed by atoms with Gasteiger partial charge in [0, 0.05) is 49.6 Å². The maximum absolute atomic E-state index is 12.6. The first-order valence-corrected chi connectivity index (χ1v) is 10.8. The minimum atomic E-state index is -0.108. The summed E-state index contributed by atoms with van der Waals surface area (Å²) in [5, 5.41) is 2.92. The Kier molecular flexibility index (Phi) is 5.58. The quantitative estimate of drug-likeness (QED) is 0.690. The molecule has 1 unspecified atom stereocenters. The van der Waals surface area contributed by atoms with Crippen LogP contribution in [0.1, 0.15) is 39.1 Å². The Morgan fingerprint density at radius 1 is 1.10 bits per heavy atom. The first-order chi connectivity index (χ1) is 15.3. The predicted molar refractivity (Wildman–Crippen MR) is 117 cm³/mol. The Bertz CT molecular complexity index is 1060. The molecule has 2 aliphatic heterocycles. The minimum Gasteiger partial charge on any atom is -0.370 e. The van der Waals surface area contributed by atoms with Gasteiger partial charge in [0.25, 0.3) is 5.91 Å². The number of nitrogens with one attached hydrogen (secondary N) is 1. The van der Waals surface area contributed by atoms with Crippen molar-refractivity contribution in [2.75, 3.05) is 31.1 Å². The van der Waals surface area contributed by atoms with Crippen LogP contribution in [0.25, 0.3) is 0 Å². The molecular formula is C24H25N5O2. The molecule has 2 aromatic heterocycles. The molecule has 2 aliphatic rings. The SMILES string of the molecule is O=C1NCCc2c1nc(CCc1ccccc1)nc2N1CCOC(c2cccnc2)C1. The lowest BCUT2D eigenvalue weighted by Gasteiger charge is -2.35. The van der Waals surface area contributed by atoms with Crippen LogP contribution in [-0.2, 0) is 24.0 Å². The fourth-order valence-electron chi connectivity index (χ4n) is 4.20. The second kappa shape index (κ2) is 8.81. The van der Waals surface area contributed by atoms with Gasteiger partial charge >= 0.3 is 0 Å². The van der Waals surface area contributed by atoms with Crippen molar-refractivity contribution >= 4 is 11.7 Å². The number of hydrogen-bond donors (Lipinski definition) is 1. The van der Waals surface area contributed by atoms with E-state index < -0.39 is 0 Å². The van der Waals surface area contributed by atoms with Crippen LogP contribution in [-0.4, -0.2) is 47.1 Å². The van der Waals surface area contributed by atoms with E-state index in [2.05, 4.69) is 32.3 Å². The molecule has 7 nitrogen and oxygen atoms in total. The van der Waals surface area contributed by atoms with Crippen LogP contribution in [0.4, 0.5) is 5.82 Å². The van der Waals surface area contributed by atoms with Crippen LogP contribution in [0.3, 0.4) is 0 Å². The molecule has 3 aromatic rings. The number of pyridine rings is 1. The second-order valence-corrected chi connectivity index (χ2v) is 7.87. The van der Waals surface area contributed by atoms with E-state index in [-0.39, 0.29) is 12.0 Å². The fraction of sp³-hybridized carbons (Fsp3) is 0.333. The summed E-state index contributed by atoms with van der Waals surface area (Å²) in [4.78, 5) is 28.7. The minimum absolute atomic E-state index is 0.0711. The summed E-state index contributed by atoms with van der Waals surface area (Å²) in [5.74, 6) is 1.47. The van der Waals surface area contributed by atoms with Crippen molar-refractivity contribution in [2.45, 2.75) is 25.4 Å². The molecule has 4 heterocycles. The van der Waals surface area contributed by atoms with Gasteiger partial charge in [0.05, 0.1) is 6.61 Å². The number of fused-ring (bicyclic) bond motifs is 1. The summed E-state index contributed by atoms with van der Waals surface area (Å²) in [6.07, 6.45) is 5.81. The highest BCUT2D eigenvalue weighted by atomic mass is 16.5. The van der Waals surface area contributed by atoms with Crippen LogP contribution in [0.5, 0.6) is 0 Å². The number of morpholine rings is 1. The molecule has 0 spiro atoms. The molecule has 0 radical (unpaired) electrons. The summed E-state index contributed by atoms with van der Waals surface area (Å²) in [7, 11) is 0. The molecule has 1 aromatic carbocycles. The van der Waals surface area contributed by atoms with Crippen LogP contribution in [0, 0.1) is 0 Å². The molecule has 0 aliphatic carbocycles. The molecule has 158 valence electrons. The van der Waals surface area contributed by atoms with Crippen molar-refractivity contribution in [3.8, 4) is 0 Å². The summed E-state index contributed by atoms with van der Waals surface area (Å²) in [6, 6.07) is 14.3. The third kappa shape index (κ3) is 4.27. The summed E-state index contributed by atoms with van der Waals surface area (Å²) in [5.41, 5.74) is 3.75. The predicted octanol–water partition coefficient (Wildman–Crippen LogP) is 2.52. The third-order valence-corrected chi connectivity index (χ3v) is 5.81. The van der Waals surface area contributed by atoms with Crippen LogP contribution in [0.2, 0.25) is 0 Å². The van der Waals surface area contributed by atoms with E-state index in [9.17, 15) is 4.79 Å². The van der Waals surface area contributed by atoms with Gasteiger partial charge in [-0.2, -0.15) is 0 Å². The summed E-state index contributed by atoms with van der Waals surface area (Å²) in [6.45, 7) is 2.63. The fourth-order valence-corrected chi connectivity index (χ4v) is 4.20. The van der Waals surface area contributed by atoms with E-state index in [1.54, 1.807) is 6.20 Å². The number of aromatic nitrogens is 3. The van der Waals surface area contributed by atoms with Gasteiger partial charge in [-0.1, -0.05) is 36.4 Å². The summed E-state index contributed by atoms with van der Waals surface area (Å²) < 4.78 is 6.01. The van der Waals surface area contributed by atoms with Crippen molar-refractivity contribution in [2.24, 2.45) is 0 Å². The van der Waals surface area contributed by atoms with Crippen LogP contribution in [0.15, 0.2) is 54.9 Å². The molecule has 0 saturated carbocycles. The number of aryl methyl sites for hydroxylation is 2. The Labute approximate surface area is 181 Å². The van der Waals surface area contributed by atoms with Crippen LogP contribution < -0.4 is 10.2 Å². The second-order valence-electron chi connectivity index (χ2n) is 7.87. The van der Waals surface area contributed by atoms with E-state index in [1.807, 2.05) is 36.5 Å². The smallest absolute Gasteiger partial charge is 0.270 e. The lowest BCUT2D eigenvalue weighted by Crippen LogP contribution is -2.41. The number of hydrogen-bond acceptors (Lipinski definition) is 6. The Morgan fingerprint density at radius 3 is 2.84 bits per heavy atom. The largest absolute Gasteiger partial charge is 0.370 e. The molecule has 1 saturated heterocycles. The first kappa shape index (κ1) is 19.6. The Hall–Kier alpha value is -3.32. The normalized spacial score (nSPS) is 18.4. The van der Waals surface area contributed by atoms with Gasteiger partial charge in [-0.25, -0.2) is 9.97 Å². The molecule has 1 amide bonds. The standard InChI is InChI=1S/C24H25N5O2/c30-24-22-19(10-12-26-24)23(28-21(27-22)9-8-17-5-2-1-3-6-17)29-13-14-31-20(16-29)18-7-4-11-25-15-18/h1-7,11,15,20H,8-10,12-14,16H2,(H,26,30). The zero-order valence-electron chi connectivity index (χ0n) is 17.3. The Balaban J connectivity index is 1.45. The molecule has 7 heteroatoms. The van der Waals surface area contributed by atoms with Crippen LogP contribution >= 0.6 is 0 Å². The van der Waals surface area contributed by atoms with Crippen molar-refractivity contribution in [1.29, 1.82) is 0 Å². The van der Waals surface area contributed by atoms with Gasteiger partial charge in [0.1, 0.15) is 23.4 Å². The van der Waals surface area contributed by atoms with Gasteiger partial charge < -0.3 is 15.0 Å². The zero-order chi connectivity index (χ0) is 21.0. The average Bonchev–Trinajstić information content (AvgIpc) is 2.84. The molecule has 1 fully saturated rings. The highest BCUT2D eigenvalue weighted by Gasteiger charge is 2.30. The zero-order valence-corrected chi connectivity index (χ0v) is 17.3. The molecule has 5 rings (SSSR count). The number of carbonyl (C=O) groups excluding carboxylic acids is 1. The molecule has 31 heavy (non-hydrogen) atoms. The number of amides is 1. The number of rotatable bonds is 5. The van der Waals surface area contributed by atoms with Crippen molar-refractivity contribution in [3.05, 3.63) is 83.1 Å². The van der Waals surface area contributed by atoms with Gasteiger partial charge in [-0.05, 0) is 24.5 Å². The lowest BCUT2D eigenvalue weighted by atomic mass is 10.0. The number of carbonyl (C=O) groups is 1. The number of nitrogens with zero attached hydrogens (tertiary/aromatic N) is 4. The first-order valence-electron chi connectivity index (χ1n) is 10.8. The van der Waals surface area contributed by atoms with Gasteiger partial charge in [0.15, 0.2) is 0 Å². The lowest BCUT2D eigenvalue weighted by molar-refractivity contribution is 0.0392. The number of anilines is 1. The monoisotopic (exact) mass is 415 g/mol. The van der Waals surface area contributed by atoms with Gasteiger partial charge in [-0.15, -0.1) is 0 Å². The maximum atomic E-state index is 12.6. The average molecular weight is 415 g/mol. The van der Waals surface area contributed by atoms with E-state index in [1.165, 1.54) is 5.56 Å². The van der Waals surface area contributed by atoms with Crippen molar-refractivity contribution < 1.29 is 9.53 Å². The van der Waals surface area contributed by atoms with E-state index in [0.29, 0.717) is 37.6 Å².